The third kappa shape index (κ3) is 3.01. The van der Waals surface area contributed by atoms with Crippen LogP contribution in [0.3, 0.4) is 0 Å². The first-order chi connectivity index (χ1) is 8.16. The number of halogens is 1. The fourth-order valence-corrected chi connectivity index (χ4v) is 2.02. The minimum Gasteiger partial charge on any atom is -0.508 e. The summed E-state index contributed by atoms with van der Waals surface area (Å²) in [4.78, 5) is 0. The number of phenols is 1. The first-order valence-electron chi connectivity index (χ1n) is 5.69. The zero-order chi connectivity index (χ0) is 12.3. The van der Waals surface area contributed by atoms with Gasteiger partial charge >= 0.3 is 0 Å². The summed E-state index contributed by atoms with van der Waals surface area (Å²) in [6.45, 7) is 1.89. The highest BCUT2D eigenvalue weighted by atomic mass is 35.5. The smallest absolute Gasteiger partial charge is 0.119 e. The van der Waals surface area contributed by atoms with E-state index >= 15 is 0 Å². The molecule has 0 fully saturated rings. The average molecular weight is 247 g/mol. The Kier molecular flexibility index (Phi) is 3.70. The van der Waals surface area contributed by atoms with Crippen molar-refractivity contribution in [3.8, 4) is 5.75 Å². The lowest BCUT2D eigenvalue weighted by molar-refractivity contribution is 0.467. The van der Waals surface area contributed by atoms with E-state index in [4.69, 9.17) is 11.6 Å². The Morgan fingerprint density at radius 2 is 1.76 bits per heavy atom. The molecule has 0 aliphatic carbocycles. The van der Waals surface area contributed by atoms with Gasteiger partial charge in [0.15, 0.2) is 0 Å². The van der Waals surface area contributed by atoms with Crippen LogP contribution in [-0.2, 0) is 12.8 Å². The van der Waals surface area contributed by atoms with Gasteiger partial charge in [-0.25, -0.2) is 0 Å². The van der Waals surface area contributed by atoms with Crippen LogP contribution < -0.4 is 0 Å². The first-order valence-corrected chi connectivity index (χ1v) is 6.06. The van der Waals surface area contributed by atoms with Crippen LogP contribution in [-0.4, -0.2) is 5.11 Å². The molecular weight excluding hydrogens is 232 g/mol. The van der Waals surface area contributed by atoms with Crippen molar-refractivity contribution < 1.29 is 5.11 Å². The molecule has 0 spiro atoms. The Bertz CT molecular complexity index is 506. The van der Waals surface area contributed by atoms with Crippen molar-refractivity contribution in [2.24, 2.45) is 0 Å². The van der Waals surface area contributed by atoms with Crippen molar-refractivity contribution in [1.29, 1.82) is 0 Å². The molecule has 0 saturated carbocycles. The zero-order valence-corrected chi connectivity index (χ0v) is 10.5. The molecule has 2 aromatic rings. The summed E-state index contributed by atoms with van der Waals surface area (Å²) in [5.74, 6) is 0.336. The van der Waals surface area contributed by atoms with Crippen molar-refractivity contribution in [2.45, 2.75) is 19.8 Å². The van der Waals surface area contributed by atoms with Crippen LogP contribution >= 0.6 is 11.6 Å². The molecule has 0 aromatic heterocycles. The molecule has 0 unspecified atom stereocenters. The molecule has 1 nitrogen and oxygen atoms in total. The largest absolute Gasteiger partial charge is 0.508 e. The van der Waals surface area contributed by atoms with Gasteiger partial charge in [-0.3, -0.25) is 0 Å². The van der Waals surface area contributed by atoms with E-state index < -0.39 is 0 Å². The van der Waals surface area contributed by atoms with Crippen molar-refractivity contribution in [3.63, 3.8) is 0 Å². The van der Waals surface area contributed by atoms with E-state index in [9.17, 15) is 5.11 Å². The van der Waals surface area contributed by atoms with Gasteiger partial charge in [-0.2, -0.15) is 0 Å². The van der Waals surface area contributed by atoms with Gasteiger partial charge in [0.25, 0.3) is 0 Å². The number of benzene rings is 2. The van der Waals surface area contributed by atoms with Crippen molar-refractivity contribution in [1.82, 2.24) is 0 Å². The van der Waals surface area contributed by atoms with E-state index in [1.165, 1.54) is 5.56 Å². The molecule has 0 atom stereocenters. The lowest BCUT2D eigenvalue weighted by atomic mass is 10.0. The first kappa shape index (κ1) is 12.0. The molecule has 1 N–H and O–H groups in total. The van der Waals surface area contributed by atoms with Crippen LogP contribution in [0.1, 0.15) is 16.7 Å². The molecule has 2 aromatic carbocycles. The van der Waals surface area contributed by atoms with Gasteiger partial charge in [0.05, 0.1) is 0 Å². The summed E-state index contributed by atoms with van der Waals surface area (Å²) in [7, 11) is 0. The predicted octanol–water partition coefficient (Wildman–Crippen LogP) is 4.14. The van der Waals surface area contributed by atoms with E-state index in [1.54, 1.807) is 6.07 Å². The van der Waals surface area contributed by atoms with Crippen LogP contribution in [0.2, 0.25) is 5.02 Å². The molecule has 0 amide bonds. The molecule has 88 valence electrons. The number of aryl methyl sites for hydroxylation is 3. The number of aromatic hydroxyl groups is 1. The van der Waals surface area contributed by atoms with Crippen molar-refractivity contribution >= 4 is 11.6 Å². The molecule has 0 aliphatic heterocycles. The maximum atomic E-state index is 9.84. The van der Waals surface area contributed by atoms with E-state index in [2.05, 4.69) is 12.1 Å². The topological polar surface area (TPSA) is 20.2 Å². The second kappa shape index (κ2) is 5.24. The normalized spacial score (nSPS) is 10.5. The summed E-state index contributed by atoms with van der Waals surface area (Å²) >= 11 is 6.06. The summed E-state index contributed by atoms with van der Waals surface area (Å²) in [6, 6.07) is 13.8. The molecule has 2 heteroatoms. The fourth-order valence-electron chi connectivity index (χ4n) is 1.83. The monoisotopic (exact) mass is 246 g/mol. The molecule has 0 bridgehead atoms. The van der Waals surface area contributed by atoms with Gasteiger partial charge < -0.3 is 5.11 Å². The highest BCUT2D eigenvalue weighted by Gasteiger charge is 2.05. The molecular formula is C15H15ClO. The third-order valence-electron chi connectivity index (χ3n) is 2.89. The Balaban J connectivity index is 2.12. The van der Waals surface area contributed by atoms with Gasteiger partial charge in [0.2, 0.25) is 0 Å². The summed E-state index contributed by atoms with van der Waals surface area (Å²) in [5.41, 5.74) is 3.08. The minimum absolute atomic E-state index is 0.336. The predicted molar refractivity (Wildman–Crippen MR) is 71.7 cm³/mol. The van der Waals surface area contributed by atoms with Gasteiger partial charge in [-0.1, -0.05) is 41.9 Å². The SMILES string of the molecule is Cc1cc(O)c(CCc2ccccc2)cc1Cl. The highest BCUT2D eigenvalue weighted by Crippen LogP contribution is 2.26. The third-order valence-corrected chi connectivity index (χ3v) is 3.29. The van der Waals surface area contributed by atoms with E-state index in [0.717, 1.165) is 24.0 Å². The van der Waals surface area contributed by atoms with Gasteiger partial charge in [-0.15, -0.1) is 0 Å². The minimum atomic E-state index is 0.336. The van der Waals surface area contributed by atoms with Gasteiger partial charge in [0, 0.05) is 5.02 Å². The van der Waals surface area contributed by atoms with Crippen LogP contribution in [0, 0.1) is 6.92 Å². The summed E-state index contributed by atoms with van der Waals surface area (Å²) in [5, 5.41) is 10.5. The Morgan fingerprint density at radius 3 is 2.47 bits per heavy atom. The number of hydrogen-bond acceptors (Lipinski definition) is 1. The van der Waals surface area contributed by atoms with Crippen LogP contribution in [0.25, 0.3) is 0 Å². The second-order valence-electron chi connectivity index (χ2n) is 4.22. The van der Waals surface area contributed by atoms with Gasteiger partial charge in [0.1, 0.15) is 5.75 Å². The van der Waals surface area contributed by atoms with Crippen molar-refractivity contribution in [3.05, 3.63) is 64.2 Å². The lowest BCUT2D eigenvalue weighted by Gasteiger charge is -2.07. The number of hydrogen-bond donors (Lipinski definition) is 1. The second-order valence-corrected chi connectivity index (χ2v) is 4.62. The molecule has 0 heterocycles. The van der Waals surface area contributed by atoms with E-state index in [0.29, 0.717) is 10.8 Å². The molecule has 0 radical (unpaired) electrons. The van der Waals surface area contributed by atoms with E-state index in [-0.39, 0.29) is 0 Å². The lowest BCUT2D eigenvalue weighted by Crippen LogP contribution is -1.92. The maximum Gasteiger partial charge on any atom is 0.119 e. The summed E-state index contributed by atoms with van der Waals surface area (Å²) < 4.78 is 0. The summed E-state index contributed by atoms with van der Waals surface area (Å²) in [6.07, 6.45) is 1.71. The molecule has 0 aliphatic rings. The standard InChI is InChI=1S/C15H15ClO/c1-11-9-15(17)13(10-14(11)16)8-7-12-5-3-2-4-6-12/h2-6,9-10,17H,7-8H2,1H3. The van der Waals surface area contributed by atoms with E-state index in [1.807, 2.05) is 31.2 Å². The molecule has 17 heavy (non-hydrogen) atoms. The number of rotatable bonds is 3. The zero-order valence-electron chi connectivity index (χ0n) is 9.78. The molecule has 0 saturated heterocycles. The van der Waals surface area contributed by atoms with Crippen molar-refractivity contribution in [2.75, 3.05) is 0 Å². The Labute approximate surface area is 107 Å². The number of phenolic OH excluding ortho intramolecular Hbond substituents is 1. The maximum absolute atomic E-state index is 9.84. The Morgan fingerprint density at radius 1 is 1.06 bits per heavy atom. The van der Waals surface area contributed by atoms with Gasteiger partial charge in [-0.05, 0) is 48.6 Å². The van der Waals surface area contributed by atoms with Crippen LogP contribution in [0.5, 0.6) is 5.75 Å². The fraction of sp³-hybridized carbons (Fsp3) is 0.200. The van der Waals surface area contributed by atoms with Crippen LogP contribution in [0.15, 0.2) is 42.5 Å². The quantitative estimate of drug-likeness (QED) is 0.863. The highest BCUT2D eigenvalue weighted by molar-refractivity contribution is 6.31. The van der Waals surface area contributed by atoms with Crippen LogP contribution in [0.4, 0.5) is 0 Å². The Hall–Kier alpha value is -1.47. The molecule has 2 rings (SSSR count). The average Bonchev–Trinajstić information content (AvgIpc) is 2.33.